The molecule has 0 saturated carbocycles. The highest BCUT2D eigenvalue weighted by Gasteiger charge is 2.24. The highest BCUT2D eigenvalue weighted by molar-refractivity contribution is 5.77. The largest absolute Gasteiger partial charge is 0.396 e. The summed E-state index contributed by atoms with van der Waals surface area (Å²) >= 11 is 0. The van der Waals surface area contributed by atoms with Crippen molar-refractivity contribution in [1.29, 1.82) is 0 Å². The Bertz CT molecular complexity index is 326. The van der Waals surface area contributed by atoms with Gasteiger partial charge in [-0.1, -0.05) is 0 Å². The number of nitrogens with zero attached hydrogens (tertiary/aromatic N) is 1. The van der Waals surface area contributed by atoms with Gasteiger partial charge in [0.1, 0.15) is 6.17 Å². The van der Waals surface area contributed by atoms with Crippen LogP contribution in [0, 0.1) is 0 Å². The van der Waals surface area contributed by atoms with Gasteiger partial charge < -0.3 is 32.1 Å². The number of nitrogens with two attached hydrogens (primary N) is 2. The lowest BCUT2D eigenvalue weighted by atomic mass is 10.1. The highest BCUT2D eigenvalue weighted by Crippen LogP contribution is 2.08. The fraction of sp³-hybridized carbons (Fsp3) is 0.833. The van der Waals surface area contributed by atoms with Gasteiger partial charge in [0, 0.05) is 32.2 Å². The summed E-state index contributed by atoms with van der Waals surface area (Å²) in [7, 11) is 0. The molecule has 20 heavy (non-hydrogen) atoms. The first-order valence-corrected chi connectivity index (χ1v) is 7.00. The van der Waals surface area contributed by atoms with Crippen LogP contribution in [0.1, 0.15) is 32.1 Å². The summed E-state index contributed by atoms with van der Waals surface area (Å²) in [5.41, 5.74) is 10.9. The summed E-state index contributed by atoms with van der Waals surface area (Å²) in [5, 5.41) is 13.9. The molecule has 1 aliphatic rings. The Morgan fingerprint density at radius 1 is 1.50 bits per heavy atom. The maximum absolute atomic E-state index is 11.8. The van der Waals surface area contributed by atoms with Gasteiger partial charge in [-0.2, -0.15) is 0 Å². The summed E-state index contributed by atoms with van der Waals surface area (Å²) < 4.78 is 0. The molecule has 1 aliphatic heterocycles. The zero-order chi connectivity index (χ0) is 15.0. The van der Waals surface area contributed by atoms with Crippen molar-refractivity contribution in [1.82, 2.24) is 15.5 Å². The number of amides is 4. The van der Waals surface area contributed by atoms with E-state index in [4.69, 9.17) is 16.6 Å². The van der Waals surface area contributed by atoms with Crippen LogP contribution < -0.4 is 22.1 Å². The smallest absolute Gasteiger partial charge is 0.319 e. The quantitative estimate of drug-likeness (QED) is 0.402. The van der Waals surface area contributed by atoms with E-state index in [1.807, 2.05) is 0 Å². The lowest BCUT2D eigenvalue weighted by Gasteiger charge is -2.33. The standard InChI is InChI=1S/C12H25N5O3/c13-9(4-2-8-18)3-1-6-17-7-5-10(15-11(14)19)16-12(17)20/h9-10,18H,1-8,13H2,(H,16,20)(H3,14,15,19)/t9-,10?/m1/s1. The van der Waals surface area contributed by atoms with E-state index in [2.05, 4.69) is 10.6 Å². The number of rotatable bonds is 8. The van der Waals surface area contributed by atoms with Gasteiger partial charge >= 0.3 is 12.1 Å². The first-order valence-electron chi connectivity index (χ1n) is 7.00. The molecule has 8 heteroatoms. The third-order valence-corrected chi connectivity index (χ3v) is 3.33. The van der Waals surface area contributed by atoms with E-state index >= 15 is 0 Å². The van der Waals surface area contributed by atoms with Crippen LogP contribution >= 0.6 is 0 Å². The Labute approximate surface area is 118 Å². The molecule has 0 spiro atoms. The number of primary amides is 1. The Kier molecular flexibility index (Phi) is 7.10. The zero-order valence-electron chi connectivity index (χ0n) is 11.7. The molecule has 1 saturated heterocycles. The molecule has 0 radical (unpaired) electrons. The van der Waals surface area contributed by atoms with E-state index in [1.165, 1.54) is 0 Å². The van der Waals surface area contributed by atoms with Crippen LogP contribution in [0.2, 0.25) is 0 Å². The molecule has 1 heterocycles. The second kappa shape index (κ2) is 8.60. The normalized spacial score (nSPS) is 20.4. The van der Waals surface area contributed by atoms with E-state index in [0.29, 0.717) is 25.9 Å². The highest BCUT2D eigenvalue weighted by atomic mass is 16.3. The van der Waals surface area contributed by atoms with E-state index in [0.717, 1.165) is 19.3 Å². The van der Waals surface area contributed by atoms with Gasteiger partial charge in [0.05, 0.1) is 0 Å². The van der Waals surface area contributed by atoms with Crippen molar-refractivity contribution in [2.45, 2.75) is 44.3 Å². The second-order valence-electron chi connectivity index (χ2n) is 5.05. The summed E-state index contributed by atoms with van der Waals surface area (Å²) in [5.74, 6) is 0. The number of nitrogens with one attached hydrogen (secondary N) is 2. The van der Waals surface area contributed by atoms with E-state index in [9.17, 15) is 9.59 Å². The van der Waals surface area contributed by atoms with Crippen LogP contribution in [-0.4, -0.2) is 54.0 Å². The summed E-state index contributed by atoms with van der Waals surface area (Å²) in [6.45, 7) is 1.39. The number of carbonyl (C=O) groups excluding carboxylic acids is 2. The summed E-state index contributed by atoms with van der Waals surface area (Å²) in [6, 6.07) is -0.767. The van der Waals surface area contributed by atoms with Crippen LogP contribution in [0.5, 0.6) is 0 Å². The Hall–Kier alpha value is -1.54. The fourth-order valence-electron chi connectivity index (χ4n) is 2.23. The first kappa shape index (κ1) is 16.5. The minimum Gasteiger partial charge on any atom is -0.396 e. The lowest BCUT2D eigenvalue weighted by Crippen LogP contribution is -2.58. The third kappa shape index (κ3) is 6.07. The average molecular weight is 287 g/mol. The first-order chi connectivity index (χ1) is 9.52. The van der Waals surface area contributed by atoms with Crippen molar-refractivity contribution < 1.29 is 14.7 Å². The number of urea groups is 2. The van der Waals surface area contributed by atoms with Crippen LogP contribution in [-0.2, 0) is 0 Å². The van der Waals surface area contributed by atoms with E-state index in [1.54, 1.807) is 4.90 Å². The molecule has 7 N–H and O–H groups in total. The van der Waals surface area contributed by atoms with Crippen molar-refractivity contribution in [3.63, 3.8) is 0 Å². The van der Waals surface area contributed by atoms with Crippen molar-refractivity contribution in [3.8, 4) is 0 Å². The number of aliphatic hydroxyl groups is 1. The van der Waals surface area contributed by atoms with E-state index < -0.39 is 6.03 Å². The van der Waals surface area contributed by atoms with Crippen LogP contribution in [0.25, 0.3) is 0 Å². The summed E-state index contributed by atoms with van der Waals surface area (Å²) in [6.07, 6.45) is 3.41. The van der Waals surface area contributed by atoms with Crippen LogP contribution in [0.3, 0.4) is 0 Å². The fourth-order valence-corrected chi connectivity index (χ4v) is 2.23. The predicted octanol–water partition coefficient (Wildman–Crippen LogP) is -0.724. The van der Waals surface area contributed by atoms with Gasteiger partial charge in [0.2, 0.25) is 0 Å². The van der Waals surface area contributed by atoms with Crippen molar-refractivity contribution in [3.05, 3.63) is 0 Å². The van der Waals surface area contributed by atoms with E-state index in [-0.39, 0.29) is 24.8 Å². The number of hydrogen-bond donors (Lipinski definition) is 5. The Morgan fingerprint density at radius 2 is 2.20 bits per heavy atom. The molecule has 0 aromatic heterocycles. The minimum atomic E-state index is -0.640. The molecule has 1 rings (SSSR count). The van der Waals surface area contributed by atoms with Gasteiger partial charge in [-0.05, 0) is 25.7 Å². The molecule has 0 aromatic rings. The number of hydrogen-bond acceptors (Lipinski definition) is 4. The van der Waals surface area contributed by atoms with Gasteiger partial charge in [-0.15, -0.1) is 0 Å². The summed E-state index contributed by atoms with van der Waals surface area (Å²) in [4.78, 5) is 24.2. The maximum atomic E-state index is 11.8. The lowest BCUT2D eigenvalue weighted by molar-refractivity contribution is 0.167. The molecule has 116 valence electrons. The van der Waals surface area contributed by atoms with Gasteiger partial charge in [0.15, 0.2) is 0 Å². The third-order valence-electron chi connectivity index (χ3n) is 3.33. The molecule has 1 fully saturated rings. The van der Waals surface area contributed by atoms with Crippen molar-refractivity contribution in [2.75, 3.05) is 19.7 Å². The monoisotopic (exact) mass is 287 g/mol. The van der Waals surface area contributed by atoms with Gasteiger partial charge in [-0.3, -0.25) is 0 Å². The topological polar surface area (TPSA) is 134 Å². The predicted molar refractivity (Wildman–Crippen MR) is 74.8 cm³/mol. The molecule has 0 aromatic carbocycles. The molecule has 0 bridgehead atoms. The molecular weight excluding hydrogens is 262 g/mol. The Morgan fingerprint density at radius 3 is 2.80 bits per heavy atom. The van der Waals surface area contributed by atoms with Crippen LogP contribution in [0.15, 0.2) is 0 Å². The molecule has 0 aliphatic carbocycles. The number of aliphatic hydroxyl groups excluding tert-OH is 1. The SMILES string of the molecule is NC(=O)NC1CCN(CCC[C@@H](N)CCCO)C(=O)N1. The molecule has 8 nitrogen and oxygen atoms in total. The average Bonchev–Trinajstić information content (AvgIpc) is 2.38. The molecular formula is C12H25N5O3. The zero-order valence-corrected chi connectivity index (χ0v) is 11.7. The maximum Gasteiger partial charge on any atom is 0.319 e. The Balaban J connectivity index is 2.19. The minimum absolute atomic E-state index is 0.0688. The molecule has 1 unspecified atom stereocenters. The number of carbonyl (C=O) groups is 2. The van der Waals surface area contributed by atoms with Gasteiger partial charge in [0.25, 0.3) is 0 Å². The van der Waals surface area contributed by atoms with Crippen molar-refractivity contribution in [2.24, 2.45) is 11.5 Å². The van der Waals surface area contributed by atoms with Crippen LogP contribution in [0.4, 0.5) is 9.59 Å². The second-order valence-corrected chi connectivity index (χ2v) is 5.05. The molecule has 2 atom stereocenters. The van der Waals surface area contributed by atoms with Gasteiger partial charge in [-0.25, -0.2) is 9.59 Å². The van der Waals surface area contributed by atoms with Crippen molar-refractivity contribution >= 4 is 12.1 Å². The molecule has 4 amide bonds.